The van der Waals surface area contributed by atoms with Crippen LogP contribution in [-0.4, -0.2) is 43.7 Å². The summed E-state index contributed by atoms with van der Waals surface area (Å²) in [6.45, 7) is 1.44. The van der Waals surface area contributed by atoms with Gasteiger partial charge in [0.25, 0.3) is 0 Å². The highest BCUT2D eigenvalue weighted by molar-refractivity contribution is 6.30. The van der Waals surface area contributed by atoms with E-state index in [2.05, 4.69) is 5.32 Å². The van der Waals surface area contributed by atoms with Crippen LogP contribution in [-0.2, 0) is 9.59 Å². The Balaban J connectivity index is 2.06. The lowest BCUT2D eigenvalue weighted by Crippen LogP contribution is -2.28. The number of hydrogen-bond acceptors (Lipinski definition) is 4. The molecule has 4 nitrogen and oxygen atoms in total. The molecule has 0 bridgehead atoms. The van der Waals surface area contributed by atoms with E-state index >= 15 is 0 Å². The third-order valence-corrected chi connectivity index (χ3v) is 4.05. The Labute approximate surface area is 140 Å². The van der Waals surface area contributed by atoms with E-state index in [1.807, 2.05) is 19.0 Å². The lowest BCUT2D eigenvalue weighted by Gasteiger charge is -2.23. The number of allylic oxidation sites excluding steroid dienone is 1. The fourth-order valence-electron chi connectivity index (χ4n) is 2.57. The van der Waals surface area contributed by atoms with E-state index in [0.29, 0.717) is 17.1 Å². The Hall–Kier alpha value is -1.72. The number of nitrogens with zero attached hydrogens (tertiary/aromatic N) is 1. The number of Topliss-reactive ketones (excluding diaryl/α,β-unsaturated/α-hetero) is 2. The standard InChI is InChI=1S/C17H20ClFN2O2/c1-21(2)6-5-20-10-14-16(22)7-11(8-17(14)23)13-4-3-12(18)9-15(13)19/h3-4,9-11,20H,5-8H2,1-2H3. The first-order chi connectivity index (χ1) is 10.9. The van der Waals surface area contributed by atoms with Gasteiger partial charge in [-0.25, -0.2) is 4.39 Å². The van der Waals surface area contributed by atoms with Crippen LogP contribution in [0.25, 0.3) is 0 Å². The molecule has 0 aliphatic heterocycles. The molecule has 0 saturated heterocycles. The van der Waals surface area contributed by atoms with Crippen molar-refractivity contribution >= 4 is 23.2 Å². The minimum atomic E-state index is -0.473. The number of hydrogen-bond donors (Lipinski definition) is 1. The van der Waals surface area contributed by atoms with Gasteiger partial charge in [-0.1, -0.05) is 17.7 Å². The fraction of sp³-hybridized carbons (Fsp3) is 0.412. The van der Waals surface area contributed by atoms with Gasteiger partial charge in [0, 0.05) is 43.1 Å². The number of ketones is 2. The van der Waals surface area contributed by atoms with Gasteiger partial charge in [-0.3, -0.25) is 9.59 Å². The van der Waals surface area contributed by atoms with Crippen LogP contribution >= 0.6 is 11.6 Å². The molecule has 1 aromatic carbocycles. The fourth-order valence-corrected chi connectivity index (χ4v) is 2.73. The second-order valence-corrected chi connectivity index (χ2v) is 6.37. The van der Waals surface area contributed by atoms with Gasteiger partial charge in [0.05, 0.1) is 5.57 Å². The van der Waals surface area contributed by atoms with E-state index in [9.17, 15) is 14.0 Å². The van der Waals surface area contributed by atoms with Crippen molar-refractivity contribution in [2.75, 3.05) is 27.2 Å². The summed E-state index contributed by atoms with van der Waals surface area (Å²) in [6.07, 6.45) is 1.75. The van der Waals surface area contributed by atoms with Crippen molar-refractivity contribution in [2.45, 2.75) is 18.8 Å². The molecule has 23 heavy (non-hydrogen) atoms. The number of likely N-dealkylation sites (N-methyl/N-ethyl adjacent to an activating group) is 1. The molecule has 0 spiro atoms. The summed E-state index contributed by atoms with van der Waals surface area (Å²) >= 11 is 5.73. The van der Waals surface area contributed by atoms with Crippen molar-refractivity contribution in [2.24, 2.45) is 0 Å². The van der Waals surface area contributed by atoms with Crippen LogP contribution in [0.4, 0.5) is 4.39 Å². The van der Waals surface area contributed by atoms with E-state index in [0.717, 1.165) is 6.54 Å². The van der Waals surface area contributed by atoms with Crippen molar-refractivity contribution in [3.8, 4) is 0 Å². The van der Waals surface area contributed by atoms with Crippen LogP contribution in [0.15, 0.2) is 30.0 Å². The van der Waals surface area contributed by atoms with E-state index < -0.39 is 11.7 Å². The van der Waals surface area contributed by atoms with Gasteiger partial charge in [0.15, 0.2) is 11.6 Å². The van der Waals surface area contributed by atoms with Crippen molar-refractivity contribution in [3.63, 3.8) is 0 Å². The summed E-state index contributed by atoms with van der Waals surface area (Å²) in [5.74, 6) is -1.40. The second-order valence-electron chi connectivity index (χ2n) is 5.93. The SMILES string of the molecule is CN(C)CCNC=C1C(=O)CC(c2ccc(Cl)cc2F)CC1=O. The molecule has 1 aromatic rings. The van der Waals surface area contributed by atoms with E-state index in [1.165, 1.54) is 12.3 Å². The highest BCUT2D eigenvalue weighted by Crippen LogP contribution is 2.33. The lowest BCUT2D eigenvalue weighted by molar-refractivity contribution is -0.124. The molecule has 2 rings (SSSR count). The molecule has 0 atom stereocenters. The molecule has 0 aromatic heterocycles. The van der Waals surface area contributed by atoms with E-state index in [-0.39, 0.29) is 30.0 Å². The van der Waals surface area contributed by atoms with Gasteiger partial charge in [-0.05, 0) is 31.8 Å². The predicted molar refractivity (Wildman–Crippen MR) is 88.0 cm³/mol. The molecule has 0 amide bonds. The Bertz CT molecular complexity index is 623. The van der Waals surface area contributed by atoms with Crippen LogP contribution in [0.2, 0.25) is 5.02 Å². The first-order valence-corrected chi connectivity index (χ1v) is 7.86. The molecule has 1 aliphatic rings. The molecule has 1 aliphatic carbocycles. The third-order valence-electron chi connectivity index (χ3n) is 3.82. The zero-order valence-corrected chi connectivity index (χ0v) is 14.0. The summed E-state index contributed by atoms with van der Waals surface area (Å²) in [5, 5.41) is 3.28. The first-order valence-electron chi connectivity index (χ1n) is 7.48. The van der Waals surface area contributed by atoms with Crippen LogP contribution in [0.5, 0.6) is 0 Å². The summed E-state index contributed by atoms with van der Waals surface area (Å²) in [4.78, 5) is 26.4. The summed E-state index contributed by atoms with van der Waals surface area (Å²) in [5.41, 5.74) is 0.546. The average molecular weight is 339 g/mol. The monoisotopic (exact) mass is 338 g/mol. The molecule has 1 saturated carbocycles. The number of benzene rings is 1. The molecule has 0 radical (unpaired) electrons. The van der Waals surface area contributed by atoms with Gasteiger partial charge in [0.2, 0.25) is 0 Å². The highest BCUT2D eigenvalue weighted by atomic mass is 35.5. The molecule has 0 heterocycles. The van der Waals surface area contributed by atoms with Crippen molar-refractivity contribution in [1.29, 1.82) is 0 Å². The summed E-state index contributed by atoms with van der Waals surface area (Å²) in [6, 6.07) is 4.33. The molecule has 1 N–H and O–H groups in total. The topological polar surface area (TPSA) is 49.4 Å². The van der Waals surface area contributed by atoms with Gasteiger partial charge in [0.1, 0.15) is 5.82 Å². The van der Waals surface area contributed by atoms with Crippen LogP contribution < -0.4 is 5.32 Å². The van der Waals surface area contributed by atoms with Crippen molar-refractivity contribution < 1.29 is 14.0 Å². The van der Waals surface area contributed by atoms with Crippen LogP contribution in [0, 0.1) is 5.82 Å². The van der Waals surface area contributed by atoms with Gasteiger partial charge in [-0.2, -0.15) is 0 Å². The molecular formula is C17H20ClFN2O2. The van der Waals surface area contributed by atoms with Gasteiger partial charge in [-0.15, -0.1) is 0 Å². The maximum absolute atomic E-state index is 14.0. The molecule has 124 valence electrons. The summed E-state index contributed by atoms with van der Waals surface area (Å²) < 4.78 is 14.0. The van der Waals surface area contributed by atoms with Crippen molar-refractivity contribution in [3.05, 3.63) is 46.4 Å². The number of carbonyl (C=O) groups is 2. The Kier molecular flexibility index (Phi) is 5.91. The maximum Gasteiger partial charge on any atom is 0.168 e. The average Bonchev–Trinajstić information content (AvgIpc) is 2.45. The molecule has 6 heteroatoms. The quantitative estimate of drug-likeness (QED) is 0.509. The van der Waals surface area contributed by atoms with Crippen LogP contribution in [0.3, 0.4) is 0 Å². The molecular weight excluding hydrogens is 319 g/mol. The Morgan fingerprint density at radius 3 is 2.52 bits per heavy atom. The zero-order valence-electron chi connectivity index (χ0n) is 13.2. The number of halogens is 2. The van der Waals surface area contributed by atoms with E-state index in [4.69, 9.17) is 11.6 Å². The zero-order chi connectivity index (χ0) is 17.0. The van der Waals surface area contributed by atoms with E-state index in [1.54, 1.807) is 12.1 Å². The minimum Gasteiger partial charge on any atom is -0.389 e. The third kappa shape index (κ3) is 4.62. The minimum absolute atomic E-state index is 0.130. The predicted octanol–water partition coefficient (Wildman–Crippen LogP) is 2.53. The summed E-state index contributed by atoms with van der Waals surface area (Å²) in [7, 11) is 3.88. The smallest absolute Gasteiger partial charge is 0.168 e. The molecule has 0 unspecified atom stereocenters. The van der Waals surface area contributed by atoms with Gasteiger partial charge >= 0.3 is 0 Å². The van der Waals surface area contributed by atoms with Crippen molar-refractivity contribution in [1.82, 2.24) is 10.2 Å². The first kappa shape index (κ1) is 17.6. The van der Waals surface area contributed by atoms with Crippen LogP contribution in [0.1, 0.15) is 24.3 Å². The molecule has 1 fully saturated rings. The lowest BCUT2D eigenvalue weighted by atomic mass is 9.80. The largest absolute Gasteiger partial charge is 0.389 e. The maximum atomic E-state index is 14.0. The second kappa shape index (κ2) is 7.70. The highest BCUT2D eigenvalue weighted by Gasteiger charge is 2.32. The number of nitrogens with one attached hydrogen (secondary N) is 1. The Morgan fingerprint density at radius 2 is 1.96 bits per heavy atom. The normalized spacial score (nSPS) is 18.5. The number of rotatable bonds is 5. The number of carbonyl (C=O) groups excluding carboxylic acids is 2. The van der Waals surface area contributed by atoms with Gasteiger partial charge < -0.3 is 10.2 Å². The Morgan fingerprint density at radius 1 is 1.30 bits per heavy atom.